The van der Waals surface area contributed by atoms with Gasteiger partial charge in [0.25, 0.3) is 5.91 Å². The maximum atomic E-state index is 13.7. The van der Waals surface area contributed by atoms with Crippen molar-refractivity contribution < 1.29 is 19.0 Å². The van der Waals surface area contributed by atoms with Gasteiger partial charge in [0.05, 0.1) is 13.2 Å². The first kappa shape index (κ1) is 20.8. The molecule has 1 saturated carbocycles. The fraction of sp³-hybridized carbons (Fsp3) is 0.458. The fourth-order valence-corrected chi connectivity index (χ4v) is 4.53. The molecule has 1 amide bonds. The highest BCUT2D eigenvalue weighted by Crippen LogP contribution is 2.36. The van der Waals surface area contributed by atoms with Crippen molar-refractivity contribution in [3.05, 3.63) is 65.0 Å². The van der Waals surface area contributed by atoms with Crippen LogP contribution in [0, 0.1) is 5.82 Å². The summed E-state index contributed by atoms with van der Waals surface area (Å²) in [4.78, 5) is 14.0. The molecule has 4 rings (SSSR count). The molecule has 2 fully saturated rings. The smallest absolute Gasteiger partial charge is 0.254 e. The molecule has 2 aliphatic rings. The predicted octanol–water partition coefficient (Wildman–Crippen LogP) is 3.64. The molecule has 0 unspecified atom stereocenters. The summed E-state index contributed by atoms with van der Waals surface area (Å²) in [7, 11) is 1.48. The van der Waals surface area contributed by atoms with Gasteiger partial charge in [0.2, 0.25) is 0 Å². The SMILES string of the molecule is COc1cc([C@@H](C)N[C@H]2CC[C@@H](c3ccc(C(=O)N4CC(O)C4)cc3)C2)ccc1F. The van der Waals surface area contributed by atoms with Crippen LogP contribution in [-0.4, -0.2) is 48.3 Å². The number of nitrogens with one attached hydrogen (secondary N) is 1. The van der Waals surface area contributed by atoms with E-state index in [1.54, 1.807) is 17.0 Å². The first-order valence-corrected chi connectivity index (χ1v) is 10.6. The number of carbonyl (C=O) groups excluding carboxylic acids is 1. The zero-order valence-corrected chi connectivity index (χ0v) is 17.5. The van der Waals surface area contributed by atoms with E-state index in [-0.39, 0.29) is 29.6 Å². The average molecular weight is 413 g/mol. The highest BCUT2D eigenvalue weighted by Gasteiger charge is 2.30. The molecular formula is C24H29FN2O3. The van der Waals surface area contributed by atoms with Gasteiger partial charge >= 0.3 is 0 Å². The molecule has 2 aromatic rings. The van der Waals surface area contributed by atoms with Crippen LogP contribution in [0.5, 0.6) is 5.75 Å². The molecule has 1 heterocycles. The van der Waals surface area contributed by atoms with Gasteiger partial charge in [-0.15, -0.1) is 0 Å². The maximum Gasteiger partial charge on any atom is 0.254 e. The molecule has 1 aliphatic heterocycles. The van der Waals surface area contributed by atoms with Gasteiger partial charge in [0.1, 0.15) is 0 Å². The number of aliphatic hydroxyl groups excluding tert-OH is 1. The number of rotatable bonds is 6. The molecule has 160 valence electrons. The lowest BCUT2D eigenvalue weighted by Crippen LogP contribution is -2.53. The van der Waals surface area contributed by atoms with Gasteiger partial charge in [-0.05, 0) is 67.5 Å². The molecule has 0 bridgehead atoms. The second kappa shape index (κ2) is 8.74. The topological polar surface area (TPSA) is 61.8 Å². The summed E-state index contributed by atoms with van der Waals surface area (Å²) in [5.41, 5.74) is 2.95. The molecular weight excluding hydrogens is 383 g/mol. The van der Waals surface area contributed by atoms with Crippen LogP contribution in [-0.2, 0) is 0 Å². The molecule has 3 atom stereocenters. The van der Waals surface area contributed by atoms with Crippen LogP contribution in [0.3, 0.4) is 0 Å². The lowest BCUT2D eigenvalue weighted by molar-refractivity contribution is 0.00589. The number of β-amino-alcohol motifs (C(OH)–C–C–N with tert-alkyl or cyclic N) is 1. The Bertz CT molecular complexity index is 896. The maximum absolute atomic E-state index is 13.7. The van der Waals surface area contributed by atoms with E-state index < -0.39 is 0 Å². The molecule has 30 heavy (non-hydrogen) atoms. The number of carbonyl (C=O) groups is 1. The van der Waals surface area contributed by atoms with E-state index >= 15 is 0 Å². The van der Waals surface area contributed by atoms with Crippen molar-refractivity contribution in [2.75, 3.05) is 20.2 Å². The number of amides is 1. The molecule has 0 aromatic heterocycles. The number of likely N-dealkylation sites (tertiary alicyclic amines) is 1. The van der Waals surface area contributed by atoms with Crippen LogP contribution in [0.1, 0.15) is 59.6 Å². The largest absolute Gasteiger partial charge is 0.494 e. The minimum atomic E-state index is -0.380. The minimum Gasteiger partial charge on any atom is -0.494 e. The number of ether oxygens (including phenoxy) is 1. The third-order valence-corrected chi connectivity index (χ3v) is 6.37. The van der Waals surface area contributed by atoms with Crippen molar-refractivity contribution in [1.29, 1.82) is 0 Å². The number of aliphatic hydroxyl groups is 1. The highest BCUT2D eigenvalue weighted by molar-refractivity contribution is 5.94. The summed E-state index contributed by atoms with van der Waals surface area (Å²) < 4.78 is 18.8. The van der Waals surface area contributed by atoms with Crippen molar-refractivity contribution in [2.45, 2.75) is 50.3 Å². The molecule has 2 N–H and O–H groups in total. The normalized spacial score (nSPS) is 22.6. The van der Waals surface area contributed by atoms with Crippen LogP contribution in [0.2, 0.25) is 0 Å². The number of benzene rings is 2. The van der Waals surface area contributed by atoms with Crippen molar-refractivity contribution in [3.63, 3.8) is 0 Å². The van der Waals surface area contributed by atoms with Crippen LogP contribution < -0.4 is 10.1 Å². The van der Waals surface area contributed by atoms with E-state index in [9.17, 15) is 14.3 Å². The number of hydrogen-bond donors (Lipinski definition) is 2. The lowest BCUT2D eigenvalue weighted by Gasteiger charge is -2.35. The summed E-state index contributed by atoms with van der Waals surface area (Å²) in [6, 6.07) is 13.4. The van der Waals surface area contributed by atoms with E-state index in [1.807, 2.05) is 12.1 Å². The third-order valence-electron chi connectivity index (χ3n) is 6.37. The number of hydrogen-bond acceptors (Lipinski definition) is 4. The second-order valence-corrected chi connectivity index (χ2v) is 8.48. The van der Waals surface area contributed by atoms with Crippen molar-refractivity contribution in [2.24, 2.45) is 0 Å². The van der Waals surface area contributed by atoms with Crippen LogP contribution >= 0.6 is 0 Å². The summed E-state index contributed by atoms with van der Waals surface area (Å²) >= 11 is 0. The van der Waals surface area contributed by atoms with E-state index in [4.69, 9.17) is 4.74 Å². The zero-order valence-electron chi connectivity index (χ0n) is 17.5. The first-order valence-electron chi connectivity index (χ1n) is 10.6. The minimum absolute atomic E-state index is 0.0126. The zero-order chi connectivity index (χ0) is 21.3. The molecule has 5 nitrogen and oxygen atoms in total. The lowest BCUT2D eigenvalue weighted by atomic mass is 9.95. The second-order valence-electron chi connectivity index (χ2n) is 8.48. The van der Waals surface area contributed by atoms with E-state index in [1.165, 1.54) is 18.7 Å². The molecule has 2 aromatic carbocycles. The summed E-state index contributed by atoms with van der Waals surface area (Å²) in [5.74, 6) is 0.378. The molecule has 1 aliphatic carbocycles. The van der Waals surface area contributed by atoms with Crippen molar-refractivity contribution in [1.82, 2.24) is 10.2 Å². The summed E-state index contributed by atoms with van der Waals surface area (Å²) in [5, 5.41) is 13.0. The van der Waals surface area contributed by atoms with Crippen molar-refractivity contribution >= 4 is 5.91 Å². The Balaban J connectivity index is 1.33. The molecule has 1 saturated heterocycles. The standard InChI is InChI=1S/C24H29FN2O3/c1-15(18-8-10-22(25)23(12-18)30-2)26-20-9-7-19(11-20)16-3-5-17(6-4-16)24(29)27-13-21(28)14-27/h3-6,8,10,12,15,19-21,26,28H,7,9,11,13-14H2,1-2H3/t15-,19-,20+/m1/s1. The van der Waals surface area contributed by atoms with Gasteiger partial charge in [-0.25, -0.2) is 4.39 Å². The molecule has 0 spiro atoms. The molecule has 0 radical (unpaired) electrons. The van der Waals surface area contributed by atoms with Crippen LogP contribution in [0.25, 0.3) is 0 Å². The molecule has 6 heteroatoms. The number of methoxy groups -OCH3 is 1. The summed E-state index contributed by atoms with van der Waals surface area (Å²) in [6.07, 6.45) is 2.84. The van der Waals surface area contributed by atoms with Crippen LogP contribution in [0.15, 0.2) is 42.5 Å². The van der Waals surface area contributed by atoms with Gasteiger partial charge in [-0.2, -0.15) is 0 Å². The highest BCUT2D eigenvalue weighted by atomic mass is 19.1. The fourth-order valence-electron chi connectivity index (χ4n) is 4.53. The number of halogens is 1. The first-order chi connectivity index (χ1) is 14.4. The van der Waals surface area contributed by atoms with Gasteiger partial charge in [0, 0.05) is 30.7 Å². The quantitative estimate of drug-likeness (QED) is 0.761. The van der Waals surface area contributed by atoms with E-state index in [0.29, 0.717) is 30.6 Å². The van der Waals surface area contributed by atoms with Crippen LogP contribution in [0.4, 0.5) is 4.39 Å². The van der Waals surface area contributed by atoms with Gasteiger partial charge < -0.3 is 20.1 Å². The Kier molecular flexibility index (Phi) is 6.06. The Labute approximate surface area is 176 Å². The van der Waals surface area contributed by atoms with Gasteiger partial charge in [-0.1, -0.05) is 18.2 Å². The Morgan fingerprint density at radius 3 is 2.60 bits per heavy atom. The Morgan fingerprint density at radius 2 is 1.93 bits per heavy atom. The monoisotopic (exact) mass is 412 g/mol. The number of nitrogens with zero attached hydrogens (tertiary/aromatic N) is 1. The van der Waals surface area contributed by atoms with E-state index in [0.717, 1.165) is 24.8 Å². The van der Waals surface area contributed by atoms with Crippen molar-refractivity contribution in [3.8, 4) is 5.75 Å². The predicted molar refractivity (Wildman–Crippen MR) is 113 cm³/mol. The third kappa shape index (κ3) is 4.35. The summed E-state index contributed by atoms with van der Waals surface area (Å²) in [6.45, 7) is 2.94. The van der Waals surface area contributed by atoms with E-state index in [2.05, 4.69) is 24.4 Å². The average Bonchev–Trinajstić information content (AvgIpc) is 3.19. The van der Waals surface area contributed by atoms with Gasteiger partial charge in [0.15, 0.2) is 11.6 Å². The van der Waals surface area contributed by atoms with Gasteiger partial charge in [-0.3, -0.25) is 4.79 Å². The Hall–Kier alpha value is -2.44. The Morgan fingerprint density at radius 1 is 1.20 bits per heavy atom.